The second-order valence-corrected chi connectivity index (χ2v) is 8.97. The Kier molecular flexibility index (Phi) is 10.3. The molecule has 2 aromatic rings. The van der Waals surface area contributed by atoms with Crippen molar-refractivity contribution >= 4 is 23.9 Å². The SMILES string of the molecule is COC(=O)COc1ccc(C[C@H](NC(=O)OC(C)(C)C)C(=O)NCc2ccc(OC)cc2)cc1C(=O)O. The van der Waals surface area contributed by atoms with Crippen molar-refractivity contribution in [1.82, 2.24) is 10.6 Å². The highest BCUT2D eigenvalue weighted by atomic mass is 16.6. The Morgan fingerprint density at radius 1 is 0.973 bits per heavy atom. The van der Waals surface area contributed by atoms with Crippen molar-refractivity contribution in [2.24, 2.45) is 0 Å². The van der Waals surface area contributed by atoms with E-state index in [1.54, 1.807) is 58.2 Å². The van der Waals surface area contributed by atoms with E-state index in [4.69, 9.17) is 14.2 Å². The van der Waals surface area contributed by atoms with Crippen molar-refractivity contribution < 1.29 is 43.2 Å². The van der Waals surface area contributed by atoms with Crippen LogP contribution < -0.4 is 20.1 Å². The van der Waals surface area contributed by atoms with Crippen LogP contribution in [0.4, 0.5) is 4.79 Å². The van der Waals surface area contributed by atoms with Gasteiger partial charge in [-0.1, -0.05) is 18.2 Å². The smallest absolute Gasteiger partial charge is 0.408 e. The van der Waals surface area contributed by atoms with Gasteiger partial charge in [-0.05, 0) is 56.2 Å². The molecular formula is C26H32N2O9. The third-order valence-corrected chi connectivity index (χ3v) is 4.92. The lowest BCUT2D eigenvalue weighted by Crippen LogP contribution is -2.49. The molecule has 0 spiro atoms. The molecule has 2 aromatic carbocycles. The molecule has 1 atom stereocenters. The summed E-state index contributed by atoms with van der Waals surface area (Å²) in [5, 5.41) is 14.9. The van der Waals surface area contributed by atoms with Gasteiger partial charge < -0.3 is 34.7 Å². The van der Waals surface area contributed by atoms with Gasteiger partial charge in [0, 0.05) is 13.0 Å². The molecule has 11 heteroatoms. The molecule has 0 aliphatic carbocycles. The van der Waals surface area contributed by atoms with Gasteiger partial charge in [0.15, 0.2) is 6.61 Å². The maximum Gasteiger partial charge on any atom is 0.408 e. The van der Waals surface area contributed by atoms with E-state index in [1.807, 2.05) is 0 Å². The number of benzene rings is 2. The van der Waals surface area contributed by atoms with Gasteiger partial charge >= 0.3 is 18.0 Å². The standard InChI is InChI=1S/C26H32N2O9/c1-26(2,3)37-25(33)28-20(23(30)27-14-16-6-9-18(34-4)10-7-16)13-17-8-11-21(19(12-17)24(31)32)36-15-22(29)35-5/h6-12,20H,13-15H2,1-5H3,(H,27,30)(H,28,33)(H,31,32)/t20-/m0/s1. The first-order chi connectivity index (χ1) is 17.4. The van der Waals surface area contributed by atoms with Crippen LogP contribution in [-0.4, -0.2) is 61.5 Å². The first kappa shape index (κ1) is 29.0. The van der Waals surface area contributed by atoms with E-state index in [1.165, 1.54) is 19.2 Å². The molecule has 0 aliphatic rings. The minimum Gasteiger partial charge on any atom is -0.497 e. The van der Waals surface area contributed by atoms with Gasteiger partial charge in [0.25, 0.3) is 0 Å². The maximum atomic E-state index is 13.0. The van der Waals surface area contributed by atoms with Crippen LogP contribution in [0.15, 0.2) is 42.5 Å². The number of carboxylic acids is 1. The fraction of sp³-hybridized carbons (Fsp3) is 0.385. The molecule has 37 heavy (non-hydrogen) atoms. The van der Waals surface area contributed by atoms with E-state index >= 15 is 0 Å². The van der Waals surface area contributed by atoms with Crippen LogP contribution >= 0.6 is 0 Å². The molecular weight excluding hydrogens is 484 g/mol. The average Bonchev–Trinajstić information content (AvgIpc) is 2.84. The van der Waals surface area contributed by atoms with E-state index < -0.39 is 42.2 Å². The van der Waals surface area contributed by atoms with Crippen molar-refractivity contribution in [2.45, 2.75) is 45.4 Å². The Labute approximate surface area is 215 Å². The molecule has 0 bridgehead atoms. The Morgan fingerprint density at radius 3 is 2.19 bits per heavy atom. The zero-order valence-corrected chi connectivity index (χ0v) is 21.5. The van der Waals surface area contributed by atoms with Gasteiger partial charge in [-0.15, -0.1) is 0 Å². The van der Waals surface area contributed by atoms with Gasteiger partial charge in [0.05, 0.1) is 14.2 Å². The van der Waals surface area contributed by atoms with Crippen LogP contribution in [0.1, 0.15) is 42.3 Å². The predicted octanol–water partition coefficient (Wildman–Crippen LogP) is 2.70. The lowest BCUT2D eigenvalue weighted by molar-refractivity contribution is -0.143. The molecule has 0 fully saturated rings. The highest BCUT2D eigenvalue weighted by Gasteiger charge is 2.25. The molecule has 0 heterocycles. The first-order valence-electron chi connectivity index (χ1n) is 11.4. The van der Waals surface area contributed by atoms with Gasteiger partial charge in [-0.2, -0.15) is 0 Å². The second-order valence-electron chi connectivity index (χ2n) is 8.97. The lowest BCUT2D eigenvalue weighted by atomic mass is 10.0. The topological polar surface area (TPSA) is 149 Å². The molecule has 0 saturated carbocycles. The fourth-order valence-electron chi connectivity index (χ4n) is 3.14. The van der Waals surface area contributed by atoms with Crippen LogP contribution in [0.3, 0.4) is 0 Å². The summed E-state index contributed by atoms with van der Waals surface area (Å²) in [6.07, 6.45) is -0.834. The number of alkyl carbamates (subject to hydrolysis) is 1. The Balaban J connectivity index is 2.22. The second kappa shape index (κ2) is 13.1. The van der Waals surface area contributed by atoms with Gasteiger partial charge in [-0.3, -0.25) is 4.79 Å². The molecule has 0 aromatic heterocycles. The molecule has 2 amide bonds. The largest absolute Gasteiger partial charge is 0.497 e. The van der Waals surface area contributed by atoms with Crippen LogP contribution in [-0.2, 0) is 32.0 Å². The zero-order chi connectivity index (χ0) is 27.6. The number of carbonyl (C=O) groups excluding carboxylic acids is 3. The van der Waals surface area contributed by atoms with Crippen LogP contribution in [0.25, 0.3) is 0 Å². The van der Waals surface area contributed by atoms with E-state index in [9.17, 15) is 24.3 Å². The molecule has 0 radical (unpaired) electrons. The number of hydrogen-bond acceptors (Lipinski definition) is 8. The Morgan fingerprint density at radius 2 is 1.62 bits per heavy atom. The summed E-state index contributed by atoms with van der Waals surface area (Å²) in [5.74, 6) is -1.82. The quantitative estimate of drug-likeness (QED) is 0.383. The van der Waals surface area contributed by atoms with Crippen molar-refractivity contribution in [3.05, 3.63) is 59.2 Å². The zero-order valence-electron chi connectivity index (χ0n) is 21.5. The summed E-state index contributed by atoms with van der Waals surface area (Å²) >= 11 is 0. The maximum absolute atomic E-state index is 13.0. The summed E-state index contributed by atoms with van der Waals surface area (Å²) in [5.41, 5.74) is 0.244. The highest BCUT2D eigenvalue weighted by molar-refractivity contribution is 5.91. The number of aromatic carboxylic acids is 1. The molecule has 0 unspecified atom stereocenters. The number of rotatable bonds is 11. The Hall–Kier alpha value is -4.28. The molecule has 0 saturated heterocycles. The highest BCUT2D eigenvalue weighted by Crippen LogP contribution is 2.22. The molecule has 0 aliphatic heterocycles. The third kappa shape index (κ3) is 9.71. The summed E-state index contributed by atoms with van der Waals surface area (Å²) in [6.45, 7) is 4.80. The predicted molar refractivity (Wildman–Crippen MR) is 133 cm³/mol. The minimum atomic E-state index is -1.29. The number of nitrogens with one attached hydrogen (secondary N) is 2. The molecule has 2 rings (SSSR count). The number of carboxylic acid groups (broad SMARTS) is 1. The summed E-state index contributed by atoms with van der Waals surface area (Å²) in [6, 6.07) is 10.3. The molecule has 11 nitrogen and oxygen atoms in total. The number of amides is 2. The van der Waals surface area contributed by atoms with Gasteiger partial charge in [-0.25, -0.2) is 14.4 Å². The monoisotopic (exact) mass is 516 g/mol. The van der Waals surface area contributed by atoms with E-state index in [-0.39, 0.29) is 24.3 Å². The van der Waals surface area contributed by atoms with Crippen molar-refractivity contribution in [2.75, 3.05) is 20.8 Å². The Bertz CT molecular complexity index is 1110. The van der Waals surface area contributed by atoms with Crippen LogP contribution in [0, 0.1) is 0 Å². The first-order valence-corrected chi connectivity index (χ1v) is 11.4. The summed E-state index contributed by atoms with van der Waals surface area (Å²) in [7, 11) is 2.74. The summed E-state index contributed by atoms with van der Waals surface area (Å²) in [4.78, 5) is 48.6. The average molecular weight is 517 g/mol. The van der Waals surface area contributed by atoms with E-state index in [0.29, 0.717) is 11.3 Å². The normalized spacial score (nSPS) is 11.6. The van der Waals surface area contributed by atoms with Gasteiger partial charge in [0.2, 0.25) is 5.91 Å². The number of esters is 1. The fourth-order valence-corrected chi connectivity index (χ4v) is 3.14. The third-order valence-electron chi connectivity index (χ3n) is 4.92. The molecule has 200 valence electrons. The van der Waals surface area contributed by atoms with Gasteiger partial charge in [0.1, 0.15) is 28.7 Å². The number of ether oxygens (including phenoxy) is 4. The lowest BCUT2D eigenvalue weighted by Gasteiger charge is -2.23. The van der Waals surface area contributed by atoms with E-state index in [2.05, 4.69) is 15.4 Å². The van der Waals surface area contributed by atoms with Crippen molar-refractivity contribution in [1.29, 1.82) is 0 Å². The van der Waals surface area contributed by atoms with Crippen LogP contribution in [0.5, 0.6) is 11.5 Å². The minimum absolute atomic E-state index is 0.0365. The molecule has 3 N–H and O–H groups in total. The van der Waals surface area contributed by atoms with Crippen LogP contribution in [0.2, 0.25) is 0 Å². The summed E-state index contributed by atoms with van der Waals surface area (Å²) < 4.78 is 20.2. The number of carbonyl (C=O) groups is 4. The van der Waals surface area contributed by atoms with Crippen molar-refractivity contribution in [3.8, 4) is 11.5 Å². The number of hydrogen-bond donors (Lipinski definition) is 3. The van der Waals surface area contributed by atoms with Crippen molar-refractivity contribution in [3.63, 3.8) is 0 Å². The number of methoxy groups -OCH3 is 2. The van der Waals surface area contributed by atoms with E-state index in [0.717, 1.165) is 5.56 Å².